The van der Waals surface area contributed by atoms with Crippen molar-refractivity contribution in [3.63, 3.8) is 0 Å². The minimum Gasteiger partial charge on any atom is -0.458 e. The Balaban J connectivity index is 1.68. The molecule has 0 amide bonds. The number of carbonyl (C=O) groups is 1. The second kappa shape index (κ2) is 8.89. The fourth-order valence-electron chi connectivity index (χ4n) is 3.01. The Bertz CT molecular complexity index is 1020. The minimum absolute atomic E-state index is 0.263. The van der Waals surface area contributed by atoms with Gasteiger partial charge >= 0.3 is 5.97 Å². The summed E-state index contributed by atoms with van der Waals surface area (Å²) < 4.78 is 7.26. The van der Waals surface area contributed by atoms with E-state index >= 15 is 0 Å². The van der Waals surface area contributed by atoms with Gasteiger partial charge in [0.1, 0.15) is 6.61 Å². The molecule has 0 saturated carbocycles. The Kier molecular flexibility index (Phi) is 6.32. The fourth-order valence-corrected chi connectivity index (χ4v) is 3.21. The first-order chi connectivity index (χ1) is 13.5. The average molecular weight is 395 g/mol. The molecule has 0 bridgehead atoms. The van der Waals surface area contributed by atoms with Crippen molar-refractivity contribution in [2.45, 2.75) is 33.9 Å². The van der Waals surface area contributed by atoms with Crippen molar-refractivity contribution in [2.75, 3.05) is 0 Å². The van der Waals surface area contributed by atoms with Crippen molar-refractivity contribution in [1.82, 2.24) is 9.78 Å². The second-order valence-electron chi connectivity index (χ2n) is 6.70. The summed E-state index contributed by atoms with van der Waals surface area (Å²) in [6.45, 7) is 6.75. The number of nitrogens with zero attached hydrogens (tertiary/aromatic N) is 2. The van der Waals surface area contributed by atoms with Crippen molar-refractivity contribution in [1.29, 1.82) is 0 Å². The standard InChI is InChI=1S/C23H23ClN2O2/c1-16-8-4-5-10-20(16)15-28-23(27)13-12-21-17(2)25-26(18(21)3)14-19-9-6-7-11-22(19)24/h4-13H,14-15H2,1-3H3/b13-12+. The summed E-state index contributed by atoms with van der Waals surface area (Å²) in [6, 6.07) is 15.6. The molecule has 28 heavy (non-hydrogen) atoms. The van der Waals surface area contributed by atoms with Crippen LogP contribution in [0.5, 0.6) is 0 Å². The SMILES string of the molecule is Cc1ccccc1COC(=O)/C=C/c1c(C)nn(Cc2ccccc2Cl)c1C. The highest BCUT2D eigenvalue weighted by Gasteiger charge is 2.11. The van der Waals surface area contributed by atoms with Crippen LogP contribution in [0.1, 0.15) is 33.6 Å². The molecule has 0 unspecified atom stereocenters. The quantitative estimate of drug-likeness (QED) is 0.422. The van der Waals surface area contributed by atoms with Crippen LogP contribution in [-0.2, 0) is 22.7 Å². The minimum atomic E-state index is -0.374. The van der Waals surface area contributed by atoms with E-state index in [0.717, 1.165) is 33.6 Å². The number of hydrogen-bond donors (Lipinski definition) is 0. The molecule has 0 saturated heterocycles. The number of benzene rings is 2. The predicted molar refractivity (Wildman–Crippen MR) is 112 cm³/mol. The first kappa shape index (κ1) is 19.9. The number of carbonyl (C=O) groups excluding carboxylic acids is 1. The number of rotatable bonds is 6. The molecule has 1 aromatic heterocycles. The molecular weight excluding hydrogens is 372 g/mol. The van der Waals surface area contributed by atoms with Gasteiger partial charge in [-0.1, -0.05) is 54.1 Å². The lowest BCUT2D eigenvalue weighted by molar-refractivity contribution is -0.138. The van der Waals surface area contributed by atoms with Gasteiger partial charge < -0.3 is 4.74 Å². The monoisotopic (exact) mass is 394 g/mol. The van der Waals surface area contributed by atoms with Crippen molar-refractivity contribution in [3.05, 3.63) is 93.3 Å². The molecule has 1 heterocycles. The Morgan fingerprint density at radius 2 is 1.75 bits per heavy atom. The van der Waals surface area contributed by atoms with E-state index in [4.69, 9.17) is 16.3 Å². The molecule has 3 rings (SSSR count). The van der Waals surface area contributed by atoms with Crippen LogP contribution < -0.4 is 0 Å². The number of hydrogen-bond acceptors (Lipinski definition) is 3. The fraction of sp³-hybridized carbons (Fsp3) is 0.217. The highest BCUT2D eigenvalue weighted by atomic mass is 35.5. The Labute approximate surface area is 170 Å². The zero-order valence-electron chi connectivity index (χ0n) is 16.3. The number of ether oxygens (including phenoxy) is 1. The van der Waals surface area contributed by atoms with Crippen molar-refractivity contribution in [3.8, 4) is 0 Å². The highest BCUT2D eigenvalue weighted by Crippen LogP contribution is 2.20. The molecule has 0 radical (unpaired) electrons. The Morgan fingerprint density at radius 3 is 2.46 bits per heavy atom. The lowest BCUT2D eigenvalue weighted by Gasteiger charge is -2.07. The van der Waals surface area contributed by atoms with Crippen LogP contribution in [0, 0.1) is 20.8 Å². The summed E-state index contributed by atoms with van der Waals surface area (Å²) in [7, 11) is 0. The molecule has 0 fully saturated rings. The number of aryl methyl sites for hydroxylation is 2. The van der Waals surface area contributed by atoms with E-state index in [-0.39, 0.29) is 12.6 Å². The van der Waals surface area contributed by atoms with Crippen molar-refractivity contribution < 1.29 is 9.53 Å². The van der Waals surface area contributed by atoms with Crippen molar-refractivity contribution >= 4 is 23.6 Å². The zero-order valence-corrected chi connectivity index (χ0v) is 17.0. The summed E-state index contributed by atoms with van der Waals surface area (Å²) in [5.74, 6) is -0.374. The average Bonchev–Trinajstić information content (AvgIpc) is 2.94. The highest BCUT2D eigenvalue weighted by molar-refractivity contribution is 6.31. The van der Waals surface area contributed by atoms with Crippen molar-refractivity contribution in [2.24, 2.45) is 0 Å². The van der Waals surface area contributed by atoms with Gasteiger partial charge in [0.25, 0.3) is 0 Å². The lowest BCUT2D eigenvalue weighted by atomic mass is 10.1. The summed E-state index contributed by atoms with van der Waals surface area (Å²) >= 11 is 6.26. The van der Waals surface area contributed by atoms with E-state index in [9.17, 15) is 4.79 Å². The van der Waals surface area contributed by atoms with Crippen LogP contribution in [0.2, 0.25) is 5.02 Å². The second-order valence-corrected chi connectivity index (χ2v) is 7.11. The molecular formula is C23H23ClN2O2. The molecule has 0 spiro atoms. The lowest BCUT2D eigenvalue weighted by Crippen LogP contribution is -2.04. The molecule has 144 valence electrons. The topological polar surface area (TPSA) is 44.1 Å². The first-order valence-electron chi connectivity index (χ1n) is 9.12. The summed E-state index contributed by atoms with van der Waals surface area (Å²) in [5.41, 5.74) is 5.85. The molecule has 3 aromatic rings. The third-order valence-corrected chi connectivity index (χ3v) is 5.10. The normalized spacial score (nSPS) is 11.1. The van der Waals surface area contributed by atoms with Gasteiger partial charge in [0, 0.05) is 22.4 Å². The number of aromatic nitrogens is 2. The van der Waals surface area contributed by atoms with Gasteiger partial charge in [-0.3, -0.25) is 4.68 Å². The van der Waals surface area contributed by atoms with Crippen LogP contribution in [-0.4, -0.2) is 15.7 Å². The van der Waals surface area contributed by atoms with E-state index < -0.39 is 0 Å². The van der Waals surface area contributed by atoms with Gasteiger partial charge in [0.05, 0.1) is 12.2 Å². The maximum atomic E-state index is 12.1. The van der Waals surface area contributed by atoms with E-state index in [1.807, 2.05) is 74.0 Å². The van der Waals surface area contributed by atoms with E-state index in [0.29, 0.717) is 11.6 Å². The molecule has 5 heteroatoms. The molecule has 0 aliphatic carbocycles. The zero-order chi connectivity index (χ0) is 20.1. The van der Waals surface area contributed by atoms with Crippen LogP contribution in [0.15, 0.2) is 54.6 Å². The summed E-state index contributed by atoms with van der Waals surface area (Å²) in [5, 5.41) is 5.30. The molecule has 0 atom stereocenters. The van der Waals surface area contributed by atoms with Crippen LogP contribution in [0.25, 0.3) is 6.08 Å². The summed E-state index contributed by atoms with van der Waals surface area (Å²) in [6.07, 6.45) is 3.22. The van der Waals surface area contributed by atoms with E-state index in [1.54, 1.807) is 6.08 Å². The largest absolute Gasteiger partial charge is 0.458 e. The van der Waals surface area contributed by atoms with Gasteiger partial charge in [0.15, 0.2) is 0 Å². The summed E-state index contributed by atoms with van der Waals surface area (Å²) in [4.78, 5) is 12.1. The number of esters is 1. The number of halogens is 1. The van der Waals surface area contributed by atoms with Gasteiger partial charge in [-0.2, -0.15) is 5.10 Å². The van der Waals surface area contributed by atoms with Gasteiger partial charge in [-0.25, -0.2) is 4.79 Å². The third-order valence-electron chi connectivity index (χ3n) is 4.73. The molecule has 0 aliphatic heterocycles. The Morgan fingerprint density at radius 1 is 1.07 bits per heavy atom. The van der Waals surface area contributed by atoms with Gasteiger partial charge in [0.2, 0.25) is 0 Å². The molecule has 4 nitrogen and oxygen atoms in total. The van der Waals surface area contributed by atoms with Gasteiger partial charge in [-0.05, 0) is 49.6 Å². The van der Waals surface area contributed by atoms with Gasteiger partial charge in [-0.15, -0.1) is 0 Å². The Hall–Kier alpha value is -2.85. The van der Waals surface area contributed by atoms with E-state index in [1.165, 1.54) is 6.08 Å². The first-order valence-corrected chi connectivity index (χ1v) is 9.50. The maximum absolute atomic E-state index is 12.1. The van der Waals surface area contributed by atoms with Crippen LogP contribution >= 0.6 is 11.6 Å². The molecule has 0 aliphatic rings. The van der Waals surface area contributed by atoms with Crippen LogP contribution in [0.4, 0.5) is 0 Å². The van der Waals surface area contributed by atoms with E-state index in [2.05, 4.69) is 5.10 Å². The predicted octanol–water partition coefficient (Wildman–Crippen LogP) is 5.27. The molecule has 2 aromatic carbocycles. The third kappa shape index (κ3) is 4.70. The molecule has 0 N–H and O–H groups in total. The maximum Gasteiger partial charge on any atom is 0.331 e. The smallest absolute Gasteiger partial charge is 0.331 e. The van der Waals surface area contributed by atoms with Crippen LogP contribution in [0.3, 0.4) is 0 Å².